The number of esters is 1. The number of carbonyl (C=O) groups is 2. The molecule has 0 saturated carbocycles. The molecule has 0 aliphatic carbocycles. The van der Waals surface area contributed by atoms with Gasteiger partial charge < -0.3 is 14.2 Å². The zero-order valence-corrected chi connectivity index (χ0v) is 12.6. The lowest BCUT2D eigenvalue weighted by Gasteiger charge is -2.11. The van der Waals surface area contributed by atoms with Gasteiger partial charge >= 0.3 is 5.97 Å². The SMILES string of the molecule is COC(=O)c1ccccc1C(=O)c1cc(OC)ccc1OC. The Bertz CT molecular complexity index is 706. The first-order chi connectivity index (χ1) is 10.6. The molecule has 0 unspecified atom stereocenters. The van der Waals surface area contributed by atoms with Crippen LogP contribution in [-0.2, 0) is 4.74 Å². The summed E-state index contributed by atoms with van der Waals surface area (Å²) in [5, 5.41) is 0. The van der Waals surface area contributed by atoms with E-state index in [1.165, 1.54) is 21.3 Å². The molecule has 0 fully saturated rings. The van der Waals surface area contributed by atoms with Gasteiger partial charge in [-0.3, -0.25) is 4.79 Å². The highest BCUT2D eigenvalue weighted by Crippen LogP contribution is 2.27. The minimum Gasteiger partial charge on any atom is -0.497 e. The molecule has 5 nitrogen and oxygen atoms in total. The van der Waals surface area contributed by atoms with Crippen molar-refractivity contribution in [1.82, 2.24) is 0 Å². The Morgan fingerprint density at radius 1 is 0.818 bits per heavy atom. The first-order valence-electron chi connectivity index (χ1n) is 6.56. The Morgan fingerprint density at radius 3 is 2.09 bits per heavy atom. The Morgan fingerprint density at radius 2 is 1.50 bits per heavy atom. The van der Waals surface area contributed by atoms with Gasteiger partial charge in [-0.25, -0.2) is 4.79 Å². The van der Waals surface area contributed by atoms with E-state index >= 15 is 0 Å². The highest BCUT2D eigenvalue weighted by molar-refractivity contribution is 6.15. The maximum absolute atomic E-state index is 12.8. The molecule has 0 amide bonds. The van der Waals surface area contributed by atoms with Crippen LogP contribution in [0, 0.1) is 0 Å². The van der Waals surface area contributed by atoms with E-state index in [-0.39, 0.29) is 16.9 Å². The van der Waals surface area contributed by atoms with Crippen LogP contribution in [0.25, 0.3) is 0 Å². The predicted octanol–water partition coefficient (Wildman–Crippen LogP) is 2.72. The highest BCUT2D eigenvalue weighted by atomic mass is 16.5. The molecular formula is C17H16O5. The lowest BCUT2D eigenvalue weighted by Crippen LogP contribution is -2.12. The molecule has 0 heterocycles. The maximum atomic E-state index is 12.8. The second-order valence-electron chi connectivity index (χ2n) is 4.43. The Hall–Kier alpha value is -2.82. The average Bonchev–Trinajstić information content (AvgIpc) is 2.59. The van der Waals surface area contributed by atoms with Gasteiger partial charge in [-0.15, -0.1) is 0 Å². The number of ketones is 1. The van der Waals surface area contributed by atoms with Crippen LogP contribution in [-0.4, -0.2) is 33.1 Å². The molecule has 2 aromatic carbocycles. The molecule has 0 bridgehead atoms. The van der Waals surface area contributed by atoms with Gasteiger partial charge in [-0.2, -0.15) is 0 Å². The number of carbonyl (C=O) groups excluding carboxylic acids is 2. The summed E-state index contributed by atoms with van der Waals surface area (Å²) in [5.74, 6) is 0.0349. The van der Waals surface area contributed by atoms with Crippen molar-refractivity contribution in [2.45, 2.75) is 0 Å². The average molecular weight is 300 g/mol. The van der Waals surface area contributed by atoms with Gasteiger partial charge in [0.1, 0.15) is 11.5 Å². The Labute approximate surface area is 128 Å². The van der Waals surface area contributed by atoms with E-state index < -0.39 is 5.97 Å². The van der Waals surface area contributed by atoms with Crippen molar-refractivity contribution in [2.24, 2.45) is 0 Å². The van der Waals surface area contributed by atoms with Crippen LogP contribution in [0.2, 0.25) is 0 Å². The Balaban J connectivity index is 2.55. The first-order valence-corrected chi connectivity index (χ1v) is 6.56. The van der Waals surface area contributed by atoms with E-state index in [4.69, 9.17) is 14.2 Å². The van der Waals surface area contributed by atoms with E-state index in [9.17, 15) is 9.59 Å². The molecule has 0 N–H and O–H groups in total. The summed E-state index contributed by atoms with van der Waals surface area (Å²) in [4.78, 5) is 24.6. The second kappa shape index (κ2) is 6.76. The number of hydrogen-bond donors (Lipinski definition) is 0. The van der Waals surface area contributed by atoms with E-state index in [1.54, 1.807) is 42.5 Å². The summed E-state index contributed by atoms with van der Waals surface area (Å²) in [5.41, 5.74) is 0.777. The quantitative estimate of drug-likeness (QED) is 0.627. The maximum Gasteiger partial charge on any atom is 0.338 e. The van der Waals surface area contributed by atoms with Gasteiger partial charge in [-0.1, -0.05) is 18.2 Å². The summed E-state index contributed by atoms with van der Waals surface area (Å²) in [6.45, 7) is 0. The van der Waals surface area contributed by atoms with Crippen molar-refractivity contribution in [3.63, 3.8) is 0 Å². The topological polar surface area (TPSA) is 61.8 Å². The summed E-state index contributed by atoms with van der Waals surface area (Å²) in [6.07, 6.45) is 0. The molecule has 2 rings (SSSR count). The van der Waals surface area contributed by atoms with Crippen molar-refractivity contribution >= 4 is 11.8 Å². The largest absolute Gasteiger partial charge is 0.497 e. The number of benzene rings is 2. The lowest BCUT2D eigenvalue weighted by atomic mass is 9.97. The minimum atomic E-state index is -0.564. The van der Waals surface area contributed by atoms with Crippen LogP contribution >= 0.6 is 0 Å². The van der Waals surface area contributed by atoms with Crippen LogP contribution in [0.1, 0.15) is 26.3 Å². The normalized spacial score (nSPS) is 9.95. The summed E-state index contributed by atoms with van der Waals surface area (Å²) in [6, 6.07) is 11.4. The van der Waals surface area contributed by atoms with Gasteiger partial charge in [0.2, 0.25) is 0 Å². The predicted molar refractivity (Wildman–Crippen MR) is 80.8 cm³/mol. The molecule has 114 valence electrons. The summed E-state index contributed by atoms with van der Waals surface area (Å²) < 4.78 is 15.1. The van der Waals surface area contributed by atoms with E-state index in [1.807, 2.05) is 0 Å². The van der Waals surface area contributed by atoms with Crippen LogP contribution in [0.4, 0.5) is 0 Å². The zero-order valence-electron chi connectivity index (χ0n) is 12.6. The fourth-order valence-corrected chi connectivity index (χ4v) is 2.11. The third-order valence-corrected chi connectivity index (χ3v) is 3.23. The molecule has 0 aromatic heterocycles. The second-order valence-corrected chi connectivity index (χ2v) is 4.43. The third kappa shape index (κ3) is 2.93. The van der Waals surface area contributed by atoms with Gasteiger partial charge in [0.15, 0.2) is 5.78 Å². The van der Waals surface area contributed by atoms with Crippen LogP contribution in [0.5, 0.6) is 11.5 Å². The highest BCUT2D eigenvalue weighted by Gasteiger charge is 2.21. The number of methoxy groups -OCH3 is 3. The molecule has 0 atom stereocenters. The van der Waals surface area contributed by atoms with Crippen molar-refractivity contribution in [2.75, 3.05) is 21.3 Å². The molecular weight excluding hydrogens is 284 g/mol. The third-order valence-electron chi connectivity index (χ3n) is 3.23. The van der Waals surface area contributed by atoms with Gasteiger partial charge in [0.25, 0.3) is 0 Å². The van der Waals surface area contributed by atoms with E-state index in [2.05, 4.69) is 0 Å². The molecule has 0 radical (unpaired) electrons. The fraction of sp³-hybridized carbons (Fsp3) is 0.176. The van der Waals surface area contributed by atoms with Crippen molar-refractivity contribution < 1.29 is 23.8 Å². The van der Waals surface area contributed by atoms with E-state index in [0.717, 1.165) is 0 Å². The standard InChI is InChI=1S/C17H16O5/c1-20-11-8-9-15(21-2)14(10-11)16(18)12-6-4-5-7-13(12)17(19)22-3/h4-10H,1-3H3. The summed E-state index contributed by atoms with van der Waals surface area (Å²) in [7, 11) is 4.26. The fourth-order valence-electron chi connectivity index (χ4n) is 2.11. The van der Waals surface area contributed by atoms with Crippen LogP contribution in [0.15, 0.2) is 42.5 Å². The number of hydrogen-bond acceptors (Lipinski definition) is 5. The van der Waals surface area contributed by atoms with E-state index in [0.29, 0.717) is 17.1 Å². The van der Waals surface area contributed by atoms with Gasteiger partial charge in [0.05, 0.1) is 32.5 Å². The van der Waals surface area contributed by atoms with Crippen molar-refractivity contribution in [3.05, 3.63) is 59.2 Å². The van der Waals surface area contributed by atoms with Crippen molar-refractivity contribution in [1.29, 1.82) is 0 Å². The molecule has 0 spiro atoms. The molecule has 2 aromatic rings. The summed E-state index contributed by atoms with van der Waals surface area (Å²) >= 11 is 0. The molecule has 0 saturated heterocycles. The van der Waals surface area contributed by atoms with Crippen LogP contribution in [0.3, 0.4) is 0 Å². The molecule has 22 heavy (non-hydrogen) atoms. The van der Waals surface area contributed by atoms with Gasteiger partial charge in [0, 0.05) is 5.56 Å². The first kappa shape index (κ1) is 15.6. The van der Waals surface area contributed by atoms with Crippen molar-refractivity contribution in [3.8, 4) is 11.5 Å². The molecule has 0 aliphatic heterocycles. The molecule has 0 aliphatic rings. The monoisotopic (exact) mass is 300 g/mol. The number of ether oxygens (including phenoxy) is 3. The minimum absolute atomic E-state index is 0.208. The lowest BCUT2D eigenvalue weighted by molar-refractivity contribution is 0.0597. The molecule has 5 heteroatoms. The van der Waals surface area contributed by atoms with Gasteiger partial charge in [-0.05, 0) is 24.3 Å². The smallest absolute Gasteiger partial charge is 0.338 e. The van der Waals surface area contributed by atoms with Crippen LogP contribution < -0.4 is 9.47 Å². The Kier molecular flexibility index (Phi) is 4.78. The zero-order chi connectivity index (χ0) is 16.1. The number of rotatable bonds is 5.